The maximum absolute atomic E-state index is 12.8. The van der Waals surface area contributed by atoms with Gasteiger partial charge in [0.15, 0.2) is 0 Å². The van der Waals surface area contributed by atoms with E-state index in [1.54, 1.807) is 6.92 Å². The van der Waals surface area contributed by atoms with Crippen molar-refractivity contribution in [3.05, 3.63) is 70.8 Å². The van der Waals surface area contributed by atoms with Gasteiger partial charge in [0.05, 0.1) is 23.4 Å². The number of carbonyl (C=O) groups is 2. The minimum absolute atomic E-state index is 0.213. The van der Waals surface area contributed by atoms with E-state index in [0.717, 1.165) is 22.3 Å². The van der Waals surface area contributed by atoms with Crippen molar-refractivity contribution >= 4 is 11.9 Å². The smallest absolute Gasteiger partial charge is 0.321 e. The highest BCUT2D eigenvalue weighted by Gasteiger charge is 2.74. The molecule has 1 saturated heterocycles. The van der Waals surface area contributed by atoms with E-state index in [2.05, 4.69) is 0 Å². The van der Waals surface area contributed by atoms with E-state index in [0.29, 0.717) is 0 Å². The molecule has 0 spiro atoms. The maximum atomic E-state index is 12.8. The summed E-state index contributed by atoms with van der Waals surface area (Å²) in [6, 6.07) is 15.6. The van der Waals surface area contributed by atoms with E-state index in [4.69, 9.17) is 4.74 Å². The Bertz CT molecular complexity index is 868. The molecule has 4 heteroatoms. The largest absolute Gasteiger partial charge is 0.395 e. The van der Waals surface area contributed by atoms with Crippen LogP contribution in [0.4, 0.5) is 0 Å². The van der Waals surface area contributed by atoms with Crippen molar-refractivity contribution in [3.63, 3.8) is 0 Å². The third-order valence-electron chi connectivity index (χ3n) is 6.46. The van der Waals surface area contributed by atoms with Crippen LogP contribution in [0, 0.1) is 11.3 Å². The molecule has 2 bridgehead atoms. The summed E-state index contributed by atoms with van der Waals surface area (Å²) in [5.74, 6) is -1.81. The third-order valence-corrected chi connectivity index (χ3v) is 6.46. The quantitative estimate of drug-likeness (QED) is 0.646. The van der Waals surface area contributed by atoms with Gasteiger partial charge in [-0.05, 0) is 29.2 Å². The van der Waals surface area contributed by atoms with Gasteiger partial charge in [0.25, 0.3) is 0 Å². The number of rotatable bonds is 1. The first-order valence-electron chi connectivity index (χ1n) is 8.13. The molecule has 0 radical (unpaired) electrons. The molecule has 0 saturated carbocycles. The molecule has 2 atom stereocenters. The maximum Gasteiger partial charge on any atom is 0.321 e. The highest BCUT2D eigenvalue weighted by molar-refractivity contribution is 6.03. The van der Waals surface area contributed by atoms with Gasteiger partial charge >= 0.3 is 11.9 Å². The summed E-state index contributed by atoms with van der Waals surface area (Å²) in [5, 5.41) is 10.6. The number of aliphatic hydroxyl groups is 1. The number of hydrogen-bond donors (Lipinski definition) is 1. The Morgan fingerprint density at radius 3 is 2.08 bits per heavy atom. The fourth-order valence-corrected chi connectivity index (χ4v) is 5.41. The summed E-state index contributed by atoms with van der Waals surface area (Å²) in [5.41, 5.74) is 1.84. The predicted octanol–water partition coefficient (Wildman–Crippen LogP) is 2.13. The lowest BCUT2D eigenvalue weighted by atomic mass is 9.41. The second kappa shape index (κ2) is 4.14. The van der Waals surface area contributed by atoms with Crippen LogP contribution in [0.1, 0.15) is 35.1 Å². The molecule has 4 nitrogen and oxygen atoms in total. The van der Waals surface area contributed by atoms with Crippen molar-refractivity contribution in [2.45, 2.75) is 18.3 Å². The summed E-state index contributed by atoms with van der Waals surface area (Å²) in [7, 11) is 0. The molecule has 3 aliphatic carbocycles. The van der Waals surface area contributed by atoms with E-state index in [1.165, 1.54) is 0 Å². The number of carbonyl (C=O) groups excluding carboxylic acids is 2. The molecule has 1 heterocycles. The summed E-state index contributed by atoms with van der Waals surface area (Å²) < 4.78 is 5.09. The van der Waals surface area contributed by atoms with Gasteiger partial charge < -0.3 is 9.84 Å². The third kappa shape index (κ3) is 1.18. The second-order valence-electron chi connectivity index (χ2n) is 7.10. The summed E-state index contributed by atoms with van der Waals surface area (Å²) in [6.07, 6.45) is 0. The number of esters is 2. The fraction of sp³-hybridized carbons (Fsp3) is 0.300. The van der Waals surface area contributed by atoms with Gasteiger partial charge in [-0.2, -0.15) is 0 Å². The number of benzene rings is 2. The first-order valence-corrected chi connectivity index (χ1v) is 8.13. The molecule has 0 aromatic heterocycles. The normalized spacial score (nSPS) is 35.2. The average molecular weight is 320 g/mol. The number of hydrogen-bond acceptors (Lipinski definition) is 4. The van der Waals surface area contributed by atoms with Crippen LogP contribution >= 0.6 is 0 Å². The Kier molecular flexibility index (Phi) is 2.40. The Balaban J connectivity index is 2.00. The number of ether oxygens (including phenoxy) is 1. The topological polar surface area (TPSA) is 63.6 Å². The fourth-order valence-electron chi connectivity index (χ4n) is 5.41. The van der Waals surface area contributed by atoms with Gasteiger partial charge in [0, 0.05) is 5.92 Å². The molecule has 1 aliphatic heterocycles. The molecule has 2 unspecified atom stereocenters. The summed E-state index contributed by atoms with van der Waals surface area (Å²) in [6.45, 7) is 1.53. The van der Waals surface area contributed by atoms with Crippen LogP contribution in [-0.2, 0) is 19.7 Å². The zero-order valence-electron chi connectivity index (χ0n) is 13.2. The van der Waals surface area contributed by atoms with Crippen molar-refractivity contribution in [1.29, 1.82) is 0 Å². The number of aliphatic hydroxyl groups excluding tert-OH is 1. The lowest BCUT2D eigenvalue weighted by Crippen LogP contribution is -2.62. The van der Waals surface area contributed by atoms with Crippen LogP contribution in [0.2, 0.25) is 0 Å². The second-order valence-corrected chi connectivity index (χ2v) is 7.10. The molecule has 1 N–H and O–H groups in total. The summed E-state index contributed by atoms with van der Waals surface area (Å²) >= 11 is 0. The van der Waals surface area contributed by atoms with E-state index in [9.17, 15) is 14.7 Å². The highest BCUT2D eigenvalue weighted by atomic mass is 16.6. The summed E-state index contributed by atoms with van der Waals surface area (Å²) in [4.78, 5) is 25.3. The molecule has 4 aliphatic rings. The van der Waals surface area contributed by atoms with Gasteiger partial charge in [0.1, 0.15) is 0 Å². The van der Waals surface area contributed by atoms with Gasteiger partial charge in [-0.3, -0.25) is 9.59 Å². The molecular formula is C20H16O4. The molecule has 24 heavy (non-hydrogen) atoms. The zero-order chi connectivity index (χ0) is 16.7. The van der Waals surface area contributed by atoms with Crippen LogP contribution in [0.5, 0.6) is 0 Å². The van der Waals surface area contributed by atoms with Gasteiger partial charge in [-0.1, -0.05) is 48.5 Å². The molecule has 1 fully saturated rings. The standard InChI is InChI=1S/C20H16O4/c1-19-16(17(22)24-18(19)23)15-11-6-2-4-8-13(11)20(19,10-21)14-9-5-3-7-12(14)15/h2-9,15-16,21H,10H2,1H3. The molecule has 2 aromatic rings. The van der Waals surface area contributed by atoms with E-state index < -0.39 is 28.7 Å². The van der Waals surface area contributed by atoms with E-state index in [1.807, 2.05) is 48.5 Å². The Labute approximate surface area is 139 Å². The minimum Gasteiger partial charge on any atom is -0.395 e. The van der Waals surface area contributed by atoms with Gasteiger partial charge in [0.2, 0.25) is 0 Å². The lowest BCUT2D eigenvalue weighted by Gasteiger charge is -2.58. The van der Waals surface area contributed by atoms with Crippen LogP contribution in [0.15, 0.2) is 48.5 Å². The van der Waals surface area contributed by atoms with Crippen LogP contribution < -0.4 is 0 Å². The van der Waals surface area contributed by atoms with Crippen LogP contribution in [-0.4, -0.2) is 23.7 Å². The Morgan fingerprint density at radius 2 is 1.54 bits per heavy atom. The van der Waals surface area contributed by atoms with Crippen molar-refractivity contribution in [3.8, 4) is 0 Å². The predicted molar refractivity (Wildman–Crippen MR) is 85.3 cm³/mol. The average Bonchev–Trinajstić information content (AvgIpc) is 2.85. The van der Waals surface area contributed by atoms with Crippen LogP contribution in [0.25, 0.3) is 0 Å². The van der Waals surface area contributed by atoms with Crippen molar-refractivity contribution < 1.29 is 19.4 Å². The van der Waals surface area contributed by atoms with Crippen LogP contribution in [0.3, 0.4) is 0 Å². The number of cyclic esters (lactones) is 2. The molecule has 2 aromatic carbocycles. The van der Waals surface area contributed by atoms with Gasteiger partial charge in [-0.15, -0.1) is 0 Å². The van der Waals surface area contributed by atoms with E-state index in [-0.39, 0.29) is 12.5 Å². The Morgan fingerprint density at radius 1 is 1.00 bits per heavy atom. The highest BCUT2D eigenvalue weighted by Crippen LogP contribution is 2.69. The molecule has 0 amide bonds. The first-order chi connectivity index (χ1) is 11.6. The molecule has 6 rings (SSSR count). The minimum atomic E-state index is -1.09. The SMILES string of the molecule is CC12C(=O)OC(=O)C1C1c3ccccc3C2(CO)c2ccccc21. The van der Waals surface area contributed by atoms with Crippen molar-refractivity contribution in [2.24, 2.45) is 11.3 Å². The first kappa shape index (κ1) is 13.9. The molecular weight excluding hydrogens is 304 g/mol. The van der Waals surface area contributed by atoms with Crippen molar-refractivity contribution in [1.82, 2.24) is 0 Å². The molecule has 120 valence electrons. The van der Waals surface area contributed by atoms with E-state index >= 15 is 0 Å². The monoisotopic (exact) mass is 320 g/mol. The van der Waals surface area contributed by atoms with Gasteiger partial charge in [-0.25, -0.2) is 0 Å². The Hall–Kier alpha value is -2.46. The zero-order valence-corrected chi connectivity index (χ0v) is 13.2. The van der Waals surface area contributed by atoms with Crippen molar-refractivity contribution in [2.75, 3.05) is 6.61 Å². The lowest BCUT2D eigenvalue weighted by molar-refractivity contribution is -0.156.